The highest BCUT2D eigenvalue weighted by molar-refractivity contribution is 5.77. The Hall–Kier alpha value is -1.71. The molecule has 0 spiro atoms. The number of rotatable bonds is 6. The van der Waals surface area contributed by atoms with Crippen LogP contribution in [0.3, 0.4) is 0 Å². The minimum absolute atomic E-state index is 0.335. The Balaban J connectivity index is 2.68. The number of hydrogen-bond acceptors (Lipinski definition) is 3. The lowest BCUT2D eigenvalue weighted by Gasteiger charge is -2.17. The van der Waals surface area contributed by atoms with Gasteiger partial charge >= 0.3 is 5.97 Å². The van der Waals surface area contributed by atoms with Gasteiger partial charge in [-0.1, -0.05) is 13.8 Å². The first-order valence-electron chi connectivity index (χ1n) is 5.66. The Kier molecular flexibility index (Phi) is 4.82. The molecule has 0 aromatic heterocycles. The van der Waals surface area contributed by atoms with Crippen molar-refractivity contribution in [2.75, 3.05) is 12.4 Å². The lowest BCUT2D eigenvalue weighted by molar-refractivity contribution is -0.138. The quantitative estimate of drug-likeness (QED) is 0.798. The van der Waals surface area contributed by atoms with Gasteiger partial charge in [-0.25, -0.2) is 4.79 Å². The molecule has 1 rings (SSSR count). The Labute approximate surface area is 102 Å². The highest BCUT2D eigenvalue weighted by atomic mass is 16.5. The van der Waals surface area contributed by atoms with Crippen LogP contribution in [0, 0.1) is 5.92 Å². The number of methoxy groups -OCH3 is 1. The zero-order chi connectivity index (χ0) is 12.8. The van der Waals surface area contributed by atoms with Crippen LogP contribution in [-0.2, 0) is 4.79 Å². The van der Waals surface area contributed by atoms with Crippen molar-refractivity contribution in [3.63, 3.8) is 0 Å². The molecule has 2 N–H and O–H groups in total. The van der Waals surface area contributed by atoms with Gasteiger partial charge in [0.1, 0.15) is 11.8 Å². The van der Waals surface area contributed by atoms with Crippen molar-refractivity contribution in [2.45, 2.75) is 26.3 Å². The Morgan fingerprint density at radius 1 is 1.35 bits per heavy atom. The molecule has 1 unspecified atom stereocenters. The minimum atomic E-state index is -0.825. The van der Waals surface area contributed by atoms with E-state index in [1.54, 1.807) is 19.2 Å². The average molecular weight is 237 g/mol. The van der Waals surface area contributed by atoms with Crippen LogP contribution in [0.25, 0.3) is 0 Å². The van der Waals surface area contributed by atoms with Gasteiger partial charge in [0.25, 0.3) is 0 Å². The third-order valence-corrected chi connectivity index (χ3v) is 2.44. The molecule has 1 aromatic carbocycles. The van der Waals surface area contributed by atoms with Crippen LogP contribution in [0.4, 0.5) is 5.69 Å². The van der Waals surface area contributed by atoms with E-state index in [0.717, 1.165) is 11.4 Å². The number of benzene rings is 1. The maximum absolute atomic E-state index is 11.1. The zero-order valence-electron chi connectivity index (χ0n) is 10.4. The fraction of sp³-hybridized carbons (Fsp3) is 0.462. The lowest BCUT2D eigenvalue weighted by atomic mass is 10.0. The Morgan fingerprint density at radius 3 is 2.35 bits per heavy atom. The summed E-state index contributed by atoms with van der Waals surface area (Å²) in [5.74, 6) is 0.266. The normalized spacial score (nSPS) is 12.2. The maximum atomic E-state index is 11.1. The van der Waals surface area contributed by atoms with Crippen molar-refractivity contribution in [3.05, 3.63) is 24.3 Å². The first-order chi connectivity index (χ1) is 8.02. The number of carboxylic acid groups (broad SMARTS) is 1. The molecular weight excluding hydrogens is 218 g/mol. The summed E-state index contributed by atoms with van der Waals surface area (Å²) in [6.45, 7) is 4.01. The van der Waals surface area contributed by atoms with E-state index in [4.69, 9.17) is 9.84 Å². The van der Waals surface area contributed by atoms with E-state index in [0.29, 0.717) is 12.3 Å². The number of anilines is 1. The van der Waals surface area contributed by atoms with E-state index in [1.165, 1.54) is 0 Å². The van der Waals surface area contributed by atoms with Crippen LogP contribution < -0.4 is 10.1 Å². The zero-order valence-corrected chi connectivity index (χ0v) is 10.4. The fourth-order valence-corrected chi connectivity index (χ4v) is 1.58. The van der Waals surface area contributed by atoms with Gasteiger partial charge in [-0.15, -0.1) is 0 Å². The second kappa shape index (κ2) is 6.13. The first-order valence-corrected chi connectivity index (χ1v) is 5.66. The van der Waals surface area contributed by atoms with Crippen molar-refractivity contribution in [1.82, 2.24) is 0 Å². The Bertz CT molecular complexity index is 359. The molecule has 0 aliphatic carbocycles. The maximum Gasteiger partial charge on any atom is 0.326 e. The van der Waals surface area contributed by atoms with Gasteiger partial charge in [0.2, 0.25) is 0 Å². The second-order valence-corrected chi connectivity index (χ2v) is 4.39. The molecule has 0 bridgehead atoms. The molecule has 17 heavy (non-hydrogen) atoms. The summed E-state index contributed by atoms with van der Waals surface area (Å²) in [5, 5.41) is 12.1. The van der Waals surface area contributed by atoms with Crippen molar-refractivity contribution in [2.24, 2.45) is 5.92 Å². The third-order valence-electron chi connectivity index (χ3n) is 2.44. The van der Waals surface area contributed by atoms with Crippen LogP contribution in [0.2, 0.25) is 0 Å². The molecule has 0 saturated heterocycles. The summed E-state index contributed by atoms with van der Waals surface area (Å²) in [4.78, 5) is 11.1. The molecule has 0 aliphatic rings. The van der Waals surface area contributed by atoms with Crippen molar-refractivity contribution in [1.29, 1.82) is 0 Å². The number of carboxylic acids is 1. The molecule has 1 aromatic rings. The standard InChI is InChI=1S/C13H19NO3/c1-9(2)8-12(13(15)16)14-10-4-6-11(17-3)7-5-10/h4-7,9,12,14H,8H2,1-3H3,(H,15,16). The van der Waals surface area contributed by atoms with Crippen LogP contribution in [0.1, 0.15) is 20.3 Å². The number of nitrogens with one attached hydrogen (secondary N) is 1. The third kappa shape index (κ3) is 4.34. The predicted molar refractivity (Wildman–Crippen MR) is 67.5 cm³/mol. The first kappa shape index (κ1) is 13.4. The predicted octanol–water partition coefficient (Wildman–Crippen LogP) is 2.61. The van der Waals surface area contributed by atoms with Crippen LogP contribution in [0.5, 0.6) is 5.75 Å². The molecule has 0 radical (unpaired) electrons. The smallest absolute Gasteiger partial charge is 0.326 e. The summed E-state index contributed by atoms with van der Waals surface area (Å²) in [6.07, 6.45) is 0.599. The molecule has 0 heterocycles. The van der Waals surface area contributed by atoms with Gasteiger partial charge in [0.15, 0.2) is 0 Å². The monoisotopic (exact) mass is 237 g/mol. The number of hydrogen-bond donors (Lipinski definition) is 2. The molecule has 4 nitrogen and oxygen atoms in total. The Morgan fingerprint density at radius 2 is 1.94 bits per heavy atom. The van der Waals surface area contributed by atoms with E-state index in [2.05, 4.69) is 5.32 Å². The SMILES string of the molecule is COc1ccc(NC(CC(C)C)C(=O)O)cc1. The number of aliphatic carboxylic acids is 1. The fourth-order valence-electron chi connectivity index (χ4n) is 1.58. The minimum Gasteiger partial charge on any atom is -0.497 e. The lowest BCUT2D eigenvalue weighted by Crippen LogP contribution is -2.30. The van der Waals surface area contributed by atoms with Crippen LogP contribution in [0.15, 0.2) is 24.3 Å². The molecule has 0 saturated carbocycles. The molecule has 0 amide bonds. The molecule has 4 heteroatoms. The number of ether oxygens (including phenoxy) is 1. The molecule has 0 aliphatic heterocycles. The van der Waals surface area contributed by atoms with Gasteiger partial charge < -0.3 is 15.2 Å². The van der Waals surface area contributed by atoms with Gasteiger partial charge in [-0.3, -0.25) is 0 Å². The highest BCUT2D eigenvalue weighted by Crippen LogP contribution is 2.17. The van der Waals surface area contributed by atoms with Gasteiger partial charge in [-0.2, -0.15) is 0 Å². The average Bonchev–Trinajstić information content (AvgIpc) is 2.28. The van der Waals surface area contributed by atoms with Crippen LogP contribution in [-0.4, -0.2) is 24.2 Å². The van der Waals surface area contributed by atoms with Crippen molar-refractivity contribution < 1.29 is 14.6 Å². The van der Waals surface area contributed by atoms with Crippen molar-refractivity contribution in [3.8, 4) is 5.75 Å². The molecule has 1 atom stereocenters. The largest absolute Gasteiger partial charge is 0.497 e. The summed E-state index contributed by atoms with van der Waals surface area (Å²) in [6, 6.07) is 6.68. The van der Waals surface area contributed by atoms with Gasteiger partial charge in [0.05, 0.1) is 7.11 Å². The van der Waals surface area contributed by atoms with E-state index < -0.39 is 12.0 Å². The summed E-state index contributed by atoms with van der Waals surface area (Å²) < 4.78 is 5.04. The second-order valence-electron chi connectivity index (χ2n) is 4.39. The van der Waals surface area contributed by atoms with Gasteiger partial charge in [-0.05, 0) is 36.6 Å². The summed E-state index contributed by atoms with van der Waals surface area (Å²) in [7, 11) is 1.60. The molecular formula is C13H19NO3. The molecule has 0 fully saturated rings. The van der Waals surface area contributed by atoms with Crippen LogP contribution >= 0.6 is 0 Å². The summed E-state index contributed by atoms with van der Waals surface area (Å²) in [5.41, 5.74) is 0.791. The summed E-state index contributed by atoms with van der Waals surface area (Å²) >= 11 is 0. The molecule has 94 valence electrons. The highest BCUT2D eigenvalue weighted by Gasteiger charge is 2.18. The van der Waals surface area contributed by atoms with Gasteiger partial charge in [0, 0.05) is 5.69 Å². The van der Waals surface area contributed by atoms with E-state index in [-0.39, 0.29) is 0 Å². The van der Waals surface area contributed by atoms with Crippen molar-refractivity contribution >= 4 is 11.7 Å². The number of carbonyl (C=O) groups is 1. The van der Waals surface area contributed by atoms with E-state index in [9.17, 15) is 4.79 Å². The topological polar surface area (TPSA) is 58.6 Å². The van der Waals surface area contributed by atoms with E-state index in [1.807, 2.05) is 26.0 Å². The van der Waals surface area contributed by atoms with E-state index >= 15 is 0 Å².